The average molecular weight is 326 g/mol. The monoisotopic (exact) mass is 326 g/mol. The molecule has 1 aromatic carbocycles. The fourth-order valence-electron chi connectivity index (χ4n) is 3.08. The van der Waals surface area contributed by atoms with Crippen LogP contribution in [0.3, 0.4) is 0 Å². The van der Waals surface area contributed by atoms with Gasteiger partial charge in [-0.05, 0) is 45.7 Å². The van der Waals surface area contributed by atoms with Crippen molar-refractivity contribution in [1.29, 1.82) is 0 Å². The number of carbonyl (C=O) groups is 1. The van der Waals surface area contributed by atoms with E-state index in [1.54, 1.807) is 18.2 Å². The third-order valence-electron chi connectivity index (χ3n) is 3.72. The van der Waals surface area contributed by atoms with Gasteiger partial charge in [-0.15, -0.1) is 13.2 Å². The standard InChI is InChI=1S/C20H23FN2O/c1-13(2)10-20(5,11-14(3)4)23-19(24)16-9-15-7-6-8-17(21)18(15)22-12-16/h6-9,12H,1,3,10-11H2,2,4-5H3,(H,23,24). The lowest BCUT2D eigenvalue weighted by molar-refractivity contribution is 0.0905. The second-order valence-electron chi connectivity index (χ2n) is 6.82. The third-order valence-corrected chi connectivity index (χ3v) is 3.72. The Balaban J connectivity index is 2.29. The number of hydrogen-bond donors (Lipinski definition) is 1. The SMILES string of the molecule is C=C(C)CC(C)(CC(=C)C)NC(=O)c1cnc2c(F)cccc2c1. The smallest absolute Gasteiger partial charge is 0.253 e. The molecule has 0 fully saturated rings. The Hall–Kier alpha value is -2.49. The van der Waals surface area contributed by atoms with Gasteiger partial charge >= 0.3 is 0 Å². The number of fused-ring (bicyclic) bond motifs is 1. The van der Waals surface area contributed by atoms with E-state index in [2.05, 4.69) is 23.5 Å². The number of nitrogens with one attached hydrogen (secondary N) is 1. The molecule has 0 saturated heterocycles. The van der Waals surface area contributed by atoms with Gasteiger partial charge in [0.25, 0.3) is 5.91 Å². The lowest BCUT2D eigenvalue weighted by atomic mass is 9.87. The molecule has 2 aromatic rings. The Morgan fingerprint density at radius 2 is 1.88 bits per heavy atom. The molecule has 0 atom stereocenters. The van der Waals surface area contributed by atoms with Crippen LogP contribution >= 0.6 is 0 Å². The summed E-state index contributed by atoms with van der Waals surface area (Å²) >= 11 is 0. The number of pyridine rings is 1. The van der Waals surface area contributed by atoms with Crippen LogP contribution < -0.4 is 5.32 Å². The van der Waals surface area contributed by atoms with Crippen molar-refractivity contribution in [2.24, 2.45) is 0 Å². The van der Waals surface area contributed by atoms with Crippen molar-refractivity contribution in [1.82, 2.24) is 10.3 Å². The van der Waals surface area contributed by atoms with Gasteiger partial charge in [0.1, 0.15) is 11.3 Å². The molecule has 0 saturated carbocycles. The van der Waals surface area contributed by atoms with Crippen LogP contribution in [-0.2, 0) is 0 Å². The summed E-state index contributed by atoms with van der Waals surface area (Å²) in [6.45, 7) is 13.7. The molecule has 4 heteroatoms. The lowest BCUT2D eigenvalue weighted by Gasteiger charge is -2.31. The second kappa shape index (κ2) is 6.95. The van der Waals surface area contributed by atoms with E-state index in [1.165, 1.54) is 12.3 Å². The van der Waals surface area contributed by atoms with Gasteiger partial charge in [-0.3, -0.25) is 9.78 Å². The van der Waals surface area contributed by atoms with Crippen LogP contribution in [0.4, 0.5) is 4.39 Å². The van der Waals surface area contributed by atoms with Gasteiger partial charge < -0.3 is 5.32 Å². The highest BCUT2D eigenvalue weighted by atomic mass is 19.1. The van der Waals surface area contributed by atoms with E-state index in [1.807, 2.05) is 20.8 Å². The van der Waals surface area contributed by atoms with Crippen molar-refractivity contribution in [2.75, 3.05) is 0 Å². The largest absolute Gasteiger partial charge is 0.346 e. The number of carbonyl (C=O) groups excluding carboxylic acids is 1. The number of halogens is 1. The molecule has 0 aliphatic rings. The molecule has 126 valence electrons. The van der Waals surface area contributed by atoms with Crippen LogP contribution in [0.25, 0.3) is 10.9 Å². The minimum Gasteiger partial charge on any atom is -0.346 e. The van der Waals surface area contributed by atoms with Crippen molar-refractivity contribution >= 4 is 16.8 Å². The van der Waals surface area contributed by atoms with E-state index in [-0.39, 0.29) is 11.4 Å². The predicted molar refractivity (Wildman–Crippen MR) is 96.4 cm³/mol. The molecule has 0 aliphatic heterocycles. The highest BCUT2D eigenvalue weighted by molar-refractivity contribution is 5.97. The first-order valence-corrected chi connectivity index (χ1v) is 7.86. The Kier molecular flexibility index (Phi) is 5.17. The van der Waals surface area contributed by atoms with Crippen LogP contribution in [0, 0.1) is 5.82 Å². The zero-order chi connectivity index (χ0) is 17.9. The molecule has 0 radical (unpaired) electrons. The van der Waals surface area contributed by atoms with Crippen LogP contribution in [0.5, 0.6) is 0 Å². The normalized spacial score (nSPS) is 11.3. The first-order valence-electron chi connectivity index (χ1n) is 7.86. The molecule has 0 spiro atoms. The average Bonchev–Trinajstić information content (AvgIpc) is 2.44. The van der Waals surface area contributed by atoms with Gasteiger partial charge in [-0.25, -0.2) is 4.39 Å². The molecule has 0 unspecified atom stereocenters. The summed E-state index contributed by atoms with van der Waals surface area (Å²) < 4.78 is 13.7. The topological polar surface area (TPSA) is 42.0 Å². The number of para-hydroxylation sites is 1. The first kappa shape index (κ1) is 17.9. The molecule has 24 heavy (non-hydrogen) atoms. The number of hydrogen-bond acceptors (Lipinski definition) is 2. The molecule has 1 amide bonds. The molecular formula is C20H23FN2O. The molecule has 3 nitrogen and oxygen atoms in total. The maximum atomic E-state index is 13.7. The van der Waals surface area contributed by atoms with E-state index >= 15 is 0 Å². The van der Waals surface area contributed by atoms with Crippen molar-refractivity contribution in [3.63, 3.8) is 0 Å². The quantitative estimate of drug-likeness (QED) is 0.775. The van der Waals surface area contributed by atoms with Gasteiger partial charge in [0.05, 0.1) is 5.56 Å². The van der Waals surface area contributed by atoms with E-state index in [4.69, 9.17) is 0 Å². The molecule has 1 heterocycles. The summed E-state index contributed by atoms with van der Waals surface area (Å²) in [7, 11) is 0. The molecule has 2 rings (SSSR count). The maximum Gasteiger partial charge on any atom is 0.253 e. The van der Waals surface area contributed by atoms with E-state index < -0.39 is 11.4 Å². The maximum absolute atomic E-state index is 13.7. The minimum absolute atomic E-state index is 0.237. The minimum atomic E-state index is -0.467. The van der Waals surface area contributed by atoms with Crippen molar-refractivity contribution in [2.45, 2.75) is 39.2 Å². The summed E-state index contributed by atoms with van der Waals surface area (Å²) in [4.78, 5) is 16.7. The van der Waals surface area contributed by atoms with Gasteiger partial charge in [-0.1, -0.05) is 23.3 Å². The fourth-order valence-corrected chi connectivity index (χ4v) is 3.08. The highest BCUT2D eigenvalue weighted by Gasteiger charge is 2.27. The number of benzene rings is 1. The van der Waals surface area contributed by atoms with Gasteiger partial charge in [-0.2, -0.15) is 0 Å². The molecule has 0 bridgehead atoms. The molecule has 1 N–H and O–H groups in total. The van der Waals surface area contributed by atoms with E-state index in [9.17, 15) is 9.18 Å². The van der Waals surface area contributed by atoms with Crippen molar-refractivity contribution in [3.05, 3.63) is 66.1 Å². The van der Waals surface area contributed by atoms with Crippen molar-refractivity contribution < 1.29 is 9.18 Å². The number of amides is 1. The Bertz CT molecular complexity index is 794. The van der Waals surface area contributed by atoms with Crippen LogP contribution in [0.1, 0.15) is 44.0 Å². The van der Waals surface area contributed by atoms with E-state index in [0.717, 1.165) is 11.1 Å². The summed E-state index contributed by atoms with van der Waals surface area (Å²) in [5.41, 5.74) is 2.17. The number of rotatable bonds is 6. The molecule has 0 aliphatic carbocycles. The number of aromatic nitrogens is 1. The van der Waals surface area contributed by atoms with Crippen LogP contribution in [0.15, 0.2) is 54.8 Å². The zero-order valence-electron chi connectivity index (χ0n) is 14.4. The second-order valence-corrected chi connectivity index (χ2v) is 6.82. The Labute approximate surface area is 142 Å². The summed E-state index contributed by atoms with van der Waals surface area (Å²) in [5, 5.41) is 3.66. The summed E-state index contributed by atoms with van der Waals surface area (Å²) in [6.07, 6.45) is 2.71. The first-order chi connectivity index (χ1) is 11.2. The van der Waals surface area contributed by atoms with Gasteiger partial charge in [0.2, 0.25) is 0 Å². The van der Waals surface area contributed by atoms with E-state index in [0.29, 0.717) is 23.8 Å². The summed E-state index contributed by atoms with van der Waals surface area (Å²) in [6, 6.07) is 6.35. The molecule has 1 aromatic heterocycles. The van der Waals surface area contributed by atoms with Gasteiger partial charge in [0.15, 0.2) is 0 Å². The van der Waals surface area contributed by atoms with Crippen LogP contribution in [0.2, 0.25) is 0 Å². The summed E-state index contributed by atoms with van der Waals surface area (Å²) in [5.74, 6) is -0.632. The Morgan fingerprint density at radius 3 is 2.46 bits per heavy atom. The molecular weight excluding hydrogens is 303 g/mol. The fraction of sp³-hybridized carbons (Fsp3) is 0.300. The number of nitrogens with zero attached hydrogens (tertiary/aromatic N) is 1. The van der Waals surface area contributed by atoms with Crippen LogP contribution in [-0.4, -0.2) is 16.4 Å². The van der Waals surface area contributed by atoms with Crippen molar-refractivity contribution in [3.8, 4) is 0 Å². The zero-order valence-corrected chi connectivity index (χ0v) is 14.4. The predicted octanol–water partition coefficient (Wildman–Crippen LogP) is 4.79. The third kappa shape index (κ3) is 4.28. The lowest BCUT2D eigenvalue weighted by Crippen LogP contribution is -2.46. The van der Waals surface area contributed by atoms with Gasteiger partial charge in [0, 0.05) is 17.1 Å². The highest BCUT2D eigenvalue weighted by Crippen LogP contribution is 2.24. The Morgan fingerprint density at radius 1 is 1.25 bits per heavy atom.